The summed E-state index contributed by atoms with van der Waals surface area (Å²) in [6, 6.07) is 45.3. The van der Waals surface area contributed by atoms with Crippen LogP contribution in [0.3, 0.4) is 0 Å². The van der Waals surface area contributed by atoms with E-state index in [-0.39, 0.29) is 0 Å². The molecule has 0 aliphatic carbocycles. The van der Waals surface area contributed by atoms with E-state index in [0.29, 0.717) is 0 Å². The minimum absolute atomic E-state index is 1.29. The third-order valence-electron chi connectivity index (χ3n) is 7.49. The van der Waals surface area contributed by atoms with Gasteiger partial charge in [0.2, 0.25) is 0 Å². The predicted octanol–water partition coefficient (Wildman–Crippen LogP) is 4.69. The van der Waals surface area contributed by atoms with Crippen LogP contribution in [0.5, 0.6) is 0 Å². The van der Waals surface area contributed by atoms with E-state index in [2.05, 4.69) is 133 Å². The Morgan fingerprint density at radius 3 is 1.82 bits per heavy atom. The zero-order chi connectivity index (χ0) is 22.0. The van der Waals surface area contributed by atoms with Crippen molar-refractivity contribution in [2.45, 2.75) is 0 Å². The van der Waals surface area contributed by atoms with Gasteiger partial charge in [-0.05, 0) is 50.1 Å². The standard InChI is InChI=1S/C31H23NSi/c1-32-28-18-10-8-16-24(28)26-20-27-25-17-9-11-19-30(25)33(31(27)21-29(26)32,22-12-4-2-5-13-22)23-14-6-3-7-15-23/h2-21H,1H3. The highest BCUT2D eigenvalue weighted by atomic mass is 28.3. The maximum Gasteiger partial charge on any atom is 0.180 e. The molecule has 2 heteroatoms. The van der Waals surface area contributed by atoms with Crippen molar-refractivity contribution in [3.8, 4) is 11.1 Å². The summed E-state index contributed by atoms with van der Waals surface area (Å²) in [7, 11) is -0.226. The van der Waals surface area contributed by atoms with Gasteiger partial charge in [-0.3, -0.25) is 0 Å². The van der Waals surface area contributed by atoms with E-state index < -0.39 is 8.07 Å². The van der Waals surface area contributed by atoms with E-state index in [1.54, 1.807) is 0 Å². The van der Waals surface area contributed by atoms with Gasteiger partial charge in [-0.2, -0.15) is 0 Å². The van der Waals surface area contributed by atoms with Gasteiger partial charge in [0, 0.05) is 28.9 Å². The molecule has 2 heterocycles. The fourth-order valence-corrected chi connectivity index (χ4v) is 11.3. The van der Waals surface area contributed by atoms with Crippen LogP contribution in [0, 0.1) is 0 Å². The number of hydrogen-bond acceptors (Lipinski definition) is 0. The molecule has 0 spiro atoms. The third-order valence-corrected chi connectivity index (χ3v) is 12.4. The Hall–Kier alpha value is -3.88. The summed E-state index contributed by atoms with van der Waals surface area (Å²) in [6.45, 7) is 0. The van der Waals surface area contributed by atoms with Gasteiger partial charge in [-0.1, -0.05) is 103 Å². The second-order valence-electron chi connectivity index (χ2n) is 9.02. The Morgan fingerprint density at radius 2 is 1.09 bits per heavy atom. The molecular formula is C31H23NSi. The number of aromatic nitrogens is 1. The molecule has 0 amide bonds. The van der Waals surface area contributed by atoms with E-state index >= 15 is 0 Å². The van der Waals surface area contributed by atoms with Crippen molar-refractivity contribution in [2.24, 2.45) is 7.05 Å². The van der Waals surface area contributed by atoms with Crippen LogP contribution in [0.1, 0.15) is 0 Å². The molecule has 0 radical (unpaired) electrons. The van der Waals surface area contributed by atoms with Crippen LogP contribution in [-0.4, -0.2) is 12.6 Å². The van der Waals surface area contributed by atoms with Gasteiger partial charge >= 0.3 is 0 Å². The monoisotopic (exact) mass is 437 g/mol. The summed E-state index contributed by atoms with van der Waals surface area (Å²) in [5.74, 6) is 0. The first-order chi connectivity index (χ1) is 16.3. The van der Waals surface area contributed by atoms with E-state index in [4.69, 9.17) is 0 Å². The molecule has 7 rings (SSSR count). The van der Waals surface area contributed by atoms with Crippen LogP contribution >= 0.6 is 0 Å². The van der Waals surface area contributed by atoms with Gasteiger partial charge < -0.3 is 4.57 Å². The van der Waals surface area contributed by atoms with Gasteiger partial charge in [0.25, 0.3) is 0 Å². The van der Waals surface area contributed by atoms with Gasteiger partial charge in [0.1, 0.15) is 0 Å². The second-order valence-corrected chi connectivity index (χ2v) is 12.8. The fraction of sp³-hybridized carbons (Fsp3) is 0.0323. The summed E-state index contributed by atoms with van der Waals surface area (Å²) in [6.07, 6.45) is 0. The first-order valence-electron chi connectivity index (χ1n) is 11.5. The van der Waals surface area contributed by atoms with Crippen molar-refractivity contribution >= 4 is 50.6 Å². The zero-order valence-corrected chi connectivity index (χ0v) is 19.5. The van der Waals surface area contributed by atoms with Gasteiger partial charge in [0.05, 0.1) is 0 Å². The molecule has 156 valence electrons. The minimum Gasteiger partial charge on any atom is -0.344 e. The Labute approximate surface area is 194 Å². The number of rotatable bonds is 2. The molecule has 0 atom stereocenters. The van der Waals surface area contributed by atoms with Gasteiger partial charge in [-0.25, -0.2) is 0 Å². The predicted molar refractivity (Wildman–Crippen MR) is 143 cm³/mol. The summed E-state index contributed by atoms with van der Waals surface area (Å²) in [5.41, 5.74) is 5.39. The molecule has 0 fully saturated rings. The lowest BCUT2D eigenvalue weighted by atomic mass is 10.0. The molecule has 1 aliphatic rings. The molecular weight excluding hydrogens is 414 g/mol. The zero-order valence-electron chi connectivity index (χ0n) is 18.5. The van der Waals surface area contributed by atoms with Gasteiger partial charge in [0.15, 0.2) is 8.07 Å². The quantitative estimate of drug-likeness (QED) is 0.346. The van der Waals surface area contributed by atoms with Crippen LogP contribution in [0.2, 0.25) is 0 Å². The first kappa shape index (κ1) is 18.7. The molecule has 0 saturated heterocycles. The minimum atomic E-state index is -2.43. The Balaban J connectivity index is 1.70. The molecule has 0 N–H and O–H groups in total. The largest absolute Gasteiger partial charge is 0.344 e. The first-order valence-corrected chi connectivity index (χ1v) is 13.5. The molecule has 1 aromatic heterocycles. The van der Waals surface area contributed by atoms with E-state index in [1.807, 2.05) is 0 Å². The number of benzene rings is 5. The van der Waals surface area contributed by atoms with E-state index in [1.165, 1.54) is 53.7 Å². The summed E-state index contributed by atoms with van der Waals surface area (Å²) < 4.78 is 2.36. The Bertz CT molecular complexity index is 1620. The van der Waals surface area contributed by atoms with Crippen LogP contribution in [-0.2, 0) is 7.05 Å². The number of nitrogens with zero attached hydrogens (tertiary/aromatic N) is 1. The SMILES string of the molecule is Cn1c2ccccc2c2cc3c(cc21)[Si](c1ccccc1)(c1ccccc1)c1ccccc1-3. The maximum absolute atomic E-state index is 2.51. The number of aryl methyl sites for hydroxylation is 1. The second kappa shape index (κ2) is 6.81. The van der Waals surface area contributed by atoms with Gasteiger partial charge in [-0.15, -0.1) is 0 Å². The van der Waals surface area contributed by atoms with Crippen molar-refractivity contribution in [1.29, 1.82) is 0 Å². The smallest absolute Gasteiger partial charge is 0.180 e. The number of hydrogen-bond donors (Lipinski definition) is 0. The lowest BCUT2D eigenvalue weighted by molar-refractivity contribution is 1.01. The molecule has 1 aliphatic heterocycles. The van der Waals surface area contributed by atoms with Crippen LogP contribution in [0.4, 0.5) is 0 Å². The number of para-hydroxylation sites is 1. The molecule has 0 unspecified atom stereocenters. The number of fused-ring (bicyclic) bond motifs is 6. The highest BCUT2D eigenvalue weighted by Crippen LogP contribution is 2.35. The van der Waals surface area contributed by atoms with Crippen LogP contribution in [0.15, 0.2) is 121 Å². The molecule has 5 aromatic carbocycles. The third kappa shape index (κ3) is 2.36. The molecule has 33 heavy (non-hydrogen) atoms. The lowest BCUT2D eigenvalue weighted by Gasteiger charge is -2.31. The van der Waals surface area contributed by atoms with Crippen LogP contribution < -0.4 is 20.7 Å². The van der Waals surface area contributed by atoms with Crippen molar-refractivity contribution in [3.05, 3.63) is 121 Å². The Kier molecular flexibility index (Phi) is 3.85. The molecule has 1 nitrogen and oxygen atoms in total. The highest BCUT2D eigenvalue weighted by molar-refractivity contribution is 7.22. The van der Waals surface area contributed by atoms with Crippen molar-refractivity contribution in [3.63, 3.8) is 0 Å². The van der Waals surface area contributed by atoms with E-state index in [0.717, 1.165) is 0 Å². The molecule has 0 saturated carbocycles. The van der Waals surface area contributed by atoms with Crippen molar-refractivity contribution < 1.29 is 0 Å². The summed E-state index contributed by atoms with van der Waals surface area (Å²) in [5, 5.41) is 8.55. The maximum atomic E-state index is 2.51. The topological polar surface area (TPSA) is 4.93 Å². The Morgan fingerprint density at radius 1 is 0.485 bits per heavy atom. The lowest BCUT2D eigenvalue weighted by Crippen LogP contribution is -2.72. The normalized spacial score (nSPS) is 13.8. The molecule has 0 bridgehead atoms. The molecule has 6 aromatic rings. The van der Waals surface area contributed by atoms with Crippen molar-refractivity contribution in [2.75, 3.05) is 0 Å². The average molecular weight is 438 g/mol. The summed E-state index contributed by atoms with van der Waals surface area (Å²) >= 11 is 0. The van der Waals surface area contributed by atoms with E-state index in [9.17, 15) is 0 Å². The summed E-state index contributed by atoms with van der Waals surface area (Å²) in [4.78, 5) is 0. The van der Waals surface area contributed by atoms with Crippen LogP contribution in [0.25, 0.3) is 32.9 Å². The highest BCUT2D eigenvalue weighted by Gasteiger charge is 2.48. The fourth-order valence-electron chi connectivity index (χ4n) is 6.09. The average Bonchev–Trinajstić information content (AvgIpc) is 3.34. The van der Waals surface area contributed by atoms with Crippen molar-refractivity contribution in [1.82, 2.24) is 4.57 Å².